The van der Waals surface area contributed by atoms with Crippen molar-refractivity contribution < 1.29 is 0 Å². The standard InChI is InChI=1S/C23H27/c1-2-4-6-8-10-12-14-16-18-20-22-23-21-19-17-15-13-11-9-7-5-3-1/h1-17H,18,20-23H2/b3-1-,4-2+,7-5+,8-6+,11-9+,12-10-,15-13+,16-14+,19-17?. The van der Waals surface area contributed by atoms with Crippen molar-refractivity contribution in [3.05, 3.63) is 109 Å². The van der Waals surface area contributed by atoms with Crippen LogP contribution >= 0.6 is 0 Å². The summed E-state index contributed by atoms with van der Waals surface area (Å²) in [6.07, 6.45) is 44.0. The van der Waals surface area contributed by atoms with E-state index in [-0.39, 0.29) is 0 Å². The normalized spacial score (nSPS) is 30.3. The molecule has 0 heteroatoms. The predicted molar refractivity (Wildman–Crippen MR) is 104 cm³/mol. The van der Waals surface area contributed by atoms with Crippen molar-refractivity contribution >= 4 is 0 Å². The van der Waals surface area contributed by atoms with Crippen LogP contribution in [-0.2, 0) is 0 Å². The Hall–Kier alpha value is -2.34. The average Bonchev–Trinajstić information content (AvgIpc) is 2.56. The molecule has 0 spiro atoms. The summed E-state index contributed by atoms with van der Waals surface area (Å²) in [5.41, 5.74) is 0. The zero-order chi connectivity index (χ0) is 16.3. The van der Waals surface area contributed by atoms with Gasteiger partial charge in [0.25, 0.3) is 0 Å². The van der Waals surface area contributed by atoms with Gasteiger partial charge in [0.1, 0.15) is 0 Å². The molecule has 23 heavy (non-hydrogen) atoms. The topological polar surface area (TPSA) is 0 Å². The van der Waals surface area contributed by atoms with E-state index in [0.29, 0.717) is 0 Å². The van der Waals surface area contributed by atoms with Crippen LogP contribution in [0.5, 0.6) is 0 Å². The van der Waals surface area contributed by atoms with E-state index in [1.165, 1.54) is 19.3 Å². The van der Waals surface area contributed by atoms with Crippen molar-refractivity contribution in [2.24, 2.45) is 0 Å². The van der Waals surface area contributed by atoms with E-state index in [1.54, 1.807) is 0 Å². The molecule has 0 aliphatic heterocycles. The van der Waals surface area contributed by atoms with Crippen molar-refractivity contribution in [2.75, 3.05) is 0 Å². The first kappa shape index (κ1) is 18.7. The molecule has 0 atom stereocenters. The van der Waals surface area contributed by atoms with Gasteiger partial charge in [-0.15, -0.1) is 0 Å². The summed E-state index contributed by atoms with van der Waals surface area (Å²) in [4.78, 5) is 0. The summed E-state index contributed by atoms with van der Waals surface area (Å²) in [5.74, 6) is 0. The molecule has 0 bridgehead atoms. The summed E-state index contributed by atoms with van der Waals surface area (Å²) >= 11 is 0. The first-order valence-electron chi connectivity index (χ1n) is 8.38. The van der Waals surface area contributed by atoms with E-state index in [4.69, 9.17) is 0 Å². The lowest BCUT2D eigenvalue weighted by atomic mass is 10.1. The fourth-order valence-corrected chi connectivity index (χ4v) is 1.88. The minimum Gasteiger partial charge on any atom is -0.0845 e. The molecule has 1 aliphatic rings. The molecule has 0 saturated carbocycles. The van der Waals surface area contributed by atoms with E-state index in [1.807, 2.05) is 79.0 Å². The first-order chi connectivity index (χ1) is 11.5. The maximum absolute atomic E-state index is 3.31. The molecule has 119 valence electrons. The second-order valence-corrected chi connectivity index (χ2v) is 5.09. The van der Waals surface area contributed by atoms with Gasteiger partial charge in [-0.2, -0.15) is 0 Å². The molecule has 0 unspecified atom stereocenters. The van der Waals surface area contributed by atoms with Crippen LogP contribution in [0.2, 0.25) is 0 Å². The van der Waals surface area contributed by atoms with Crippen molar-refractivity contribution in [3.63, 3.8) is 0 Å². The van der Waals surface area contributed by atoms with Crippen molar-refractivity contribution in [2.45, 2.75) is 32.1 Å². The van der Waals surface area contributed by atoms with Crippen LogP contribution in [0.15, 0.2) is 103 Å². The highest BCUT2D eigenvalue weighted by Gasteiger charge is 1.85. The number of hydrogen-bond acceptors (Lipinski definition) is 0. The Morgan fingerprint density at radius 3 is 1.48 bits per heavy atom. The second kappa shape index (κ2) is 16.0. The monoisotopic (exact) mass is 303 g/mol. The summed E-state index contributed by atoms with van der Waals surface area (Å²) in [7, 11) is 0. The Morgan fingerprint density at radius 2 is 0.913 bits per heavy atom. The minimum atomic E-state index is 1.04. The molecule has 0 aromatic rings. The molecule has 1 rings (SSSR count). The lowest BCUT2D eigenvalue weighted by Crippen LogP contribution is -1.74. The van der Waals surface area contributed by atoms with Gasteiger partial charge in [-0.25, -0.2) is 0 Å². The summed E-state index contributed by atoms with van der Waals surface area (Å²) in [6, 6.07) is 0. The zero-order valence-electron chi connectivity index (χ0n) is 13.9. The lowest BCUT2D eigenvalue weighted by molar-refractivity contribution is 0.691. The molecule has 1 aliphatic carbocycles. The largest absolute Gasteiger partial charge is 0.0845 e. The average molecular weight is 303 g/mol. The van der Waals surface area contributed by atoms with Gasteiger partial charge in [0, 0.05) is 0 Å². The van der Waals surface area contributed by atoms with Gasteiger partial charge in [-0.05, 0) is 31.8 Å². The van der Waals surface area contributed by atoms with E-state index in [9.17, 15) is 0 Å². The molecule has 0 heterocycles. The zero-order valence-corrected chi connectivity index (χ0v) is 13.9. The molecule has 0 N–H and O–H groups in total. The molecule has 0 aromatic heterocycles. The van der Waals surface area contributed by atoms with E-state index in [0.717, 1.165) is 12.8 Å². The summed E-state index contributed by atoms with van der Waals surface area (Å²) in [5, 5.41) is 0. The van der Waals surface area contributed by atoms with Crippen molar-refractivity contribution in [3.8, 4) is 0 Å². The van der Waals surface area contributed by atoms with Crippen LogP contribution in [0.4, 0.5) is 0 Å². The van der Waals surface area contributed by atoms with E-state index < -0.39 is 0 Å². The lowest BCUT2D eigenvalue weighted by Gasteiger charge is -1.93. The molecule has 0 aromatic carbocycles. The predicted octanol–water partition coefficient (Wildman–Crippen LogP) is 6.76. The third-order valence-electron chi connectivity index (χ3n) is 3.10. The van der Waals surface area contributed by atoms with Gasteiger partial charge >= 0.3 is 0 Å². The van der Waals surface area contributed by atoms with Crippen molar-refractivity contribution in [1.29, 1.82) is 0 Å². The van der Waals surface area contributed by atoms with Gasteiger partial charge in [0.15, 0.2) is 0 Å². The summed E-state index contributed by atoms with van der Waals surface area (Å²) in [6.45, 7) is 0. The second-order valence-electron chi connectivity index (χ2n) is 5.09. The molecular formula is C23H27. The quantitative estimate of drug-likeness (QED) is 0.464. The number of allylic oxidation sites excluding steroid dienone is 18. The highest BCUT2D eigenvalue weighted by atomic mass is 13.9. The maximum Gasteiger partial charge on any atom is -0.0276 e. The summed E-state index contributed by atoms with van der Waals surface area (Å²) < 4.78 is 0. The van der Waals surface area contributed by atoms with Crippen LogP contribution in [0.25, 0.3) is 0 Å². The van der Waals surface area contributed by atoms with E-state index >= 15 is 0 Å². The van der Waals surface area contributed by atoms with Gasteiger partial charge in [0.2, 0.25) is 0 Å². The van der Waals surface area contributed by atoms with E-state index in [2.05, 4.69) is 30.4 Å². The Bertz CT molecular complexity index is 480. The molecule has 0 fully saturated rings. The van der Waals surface area contributed by atoms with Gasteiger partial charge < -0.3 is 0 Å². The van der Waals surface area contributed by atoms with Crippen LogP contribution in [0.3, 0.4) is 0 Å². The number of rotatable bonds is 0. The Kier molecular flexibility index (Phi) is 13.0. The Labute approximate surface area is 142 Å². The Morgan fingerprint density at radius 1 is 0.435 bits per heavy atom. The highest BCUT2D eigenvalue weighted by molar-refractivity contribution is 5.21. The van der Waals surface area contributed by atoms with Gasteiger partial charge in [0.05, 0.1) is 0 Å². The fourth-order valence-electron chi connectivity index (χ4n) is 1.88. The molecule has 0 saturated heterocycles. The third-order valence-corrected chi connectivity index (χ3v) is 3.10. The molecule has 0 nitrogen and oxygen atoms in total. The Balaban J connectivity index is 2.50. The van der Waals surface area contributed by atoms with Crippen molar-refractivity contribution in [1.82, 2.24) is 0 Å². The maximum atomic E-state index is 3.31. The molecule has 0 amide bonds. The van der Waals surface area contributed by atoms with Crippen LogP contribution < -0.4 is 0 Å². The number of hydrogen-bond donors (Lipinski definition) is 0. The van der Waals surface area contributed by atoms with Crippen LogP contribution in [0.1, 0.15) is 32.1 Å². The molecular weight excluding hydrogens is 276 g/mol. The first-order valence-corrected chi connectivity index (χ1v) is 8.38. The molecule has 1 radical (unpaired) electrons. The van der Waals surface area contributed by atoms with Gasteiger partial charge in [-0.3, -0.25) is 0 Å². The van der Waals surface area contributed by atoms with Crippen LogP contribution in [-0.4, -0.2) is 0 Å². The minimum absolute atomic E-state index is 1.04. The van der Waals surface area contributed by atoms with Gasteiger partial charge in [-0.1, -0.05) is 110 Å². The van der Waals surface area contributed by atoms with Crippen LogP contribution in [0, 0.1) is 6.08 Å². The smallest absolute Gasteiger partial charge is 0.0276 e. The SMILES string of the molecule is [C]1=C/C=C/C=C/C=C/C=C\C=C\C=C\C=C/C=C/CCCCC/1. The fraction of sp³-hybridized carbons (Fsp3) is 0.217. The highest BCUT2D eigenvalue weighted by Crippen LogP contribution is 2.04. The third kappa shape index (κ3) is 14.4.